The third kappa shape index (κ3) is 5.16. The molecule has 0 spiro atoms. The molecular weight excluding hydrogens is 340 g/mol. The van der Waals surface area contributed by atoms with Crippen molar-refractivity contribution in [2.24, 2.45) is 5.92 Å². The molecule has 0 amide bonds. The van der Waals surface area contributed by atoms with E-state index in [1.807, 2.05) is 24.3 Å². The zero-order valence-electron chi connectivity index (χ0n) is 16.1. The molecule has 1 aliphatic rings. The molecule has 1 fully saturated rings. The summed E-state index contributed by atoms with van der Waals surface area (Å²) in [7, 11) is 3.93. The fraction of sp³-hybridized carbons (Fsp3) is 0.409. The first-order valence-electron chi connectivity index (χ1n) is 9.38. The van der Waals surface area contributed by atoms with Crippen molar-refractivity contribution in [2.45, 2.75) is 6.54 Å². The van der Waals surface area contributed by atoms with E-state index in [2.05, 4.69) is 29.0 Å². The first-order chi connectivity index (χ1) is 13.1. The molecule has 1 atom stereocenters. The third-order valence-electron chi connectivity index (χ3n) is 5.12. The highest BCUT2D eigenvalue weighted by molar-refractivity contribution is 5.95. The highest BCUT2D eigenvalue weighted by atomic mass is 16.5. The van der Waals surface area contributed by atoms with Gasteiger partial charge in [0, 0.05) is 45.8 Å². The van der Waals surface area contributed by atoms with E-state index in [4.69, 9.17) is 4.74 Å². The fourth-order valence-electron chi connectivity index (χ4n) is 3.81. The molecule has 5 heteroatoms. The largest absolute Gasteiger partial charge is 0.478 e. The van der Waals surface area contributed by atoms with E-state index in [0.717, 1.165) is 50.5 Å². The molecule has 144 valence electrons. The molecule has 2 aromatic carbocycles. The second-order valence-corrected chi connectivity index (χ2v) is 7.37. The van der Waals surface area contributed by atoms with E-state index < -0.39 is 5.97 Å². The smallest absolute Gasteiger partial charge is 0.336 e. The lowest BCUT2D eigenvalue weighted by atomic mass is 9.98. The van der Waals surface area contributed by atoms with Gasteiger partial charge in [0.05, 0.1) is 12.2 Å². The summed E-state index contributed by atoms with van der Waals surface area (Å²) in [5.74, 6) is -0.378. The quantitative estimate of drug-likeness (QED) is 0.849. The van der Waals surface area contributed by atoms with Gasteiger partial charge in [-0.15, -0.1) is 0 Å². The maximum Gasteiger partial charge on any atom is 0.336 e. The number of aromatic carboxylic acids is 1. The number of carboxylic acid groups (broad SMARTS) is 1. The van der Waals surface area contributed by atoms with Crippen LogP contribution in [0.1, 0.15) is 15.9 Å². The summed E-state index contributed by atoms with van der Waals surface area (Å²) in [6, 6.07) is 15.4. The van der Waals surface area contributed by atoms with E-state index in [1.54, 1.807) is 19.2 Å². The van der Waals surface area contributed by atoms with Gasteiger partial charge in [0.2, 0.25) is 0 Å². The number of hydrogen-bond donors (Lipinski definition) is 1. The molecule has 27 heavy (non-hydrogen) atoms. The Bertz CT molecular complexity index is 760. The molecular formula is C22H28N2O3. The zero-order valence-corrected chi connectivity index (χ0v) is 16.1. The van der Waals surface area contributed by atoms with Gasteiger partial charge in [0.15, 0.2) is 0 Å². The number of carboxylic acids is 1. The predicted octanol–water partition coefficient (Wildman–Crippen LogP) is 3.06. The van der Waals surface area contributed by atoms with Gasteiger partial charge in [-0.1, -0.05) is 42.5 Å². The third-order valence-corrected chi connectivity index (χ3v) is 5.12. The Balaban J connectivity index is 1.71. The number of ether oxygens (including phenoxy) is 1. The summed E-state index contributed by atoms with van der Waals surface area (Å²) in [6.07, 6.45) is 0. The highest BCUT2D eigenvalue weighted by Gasteiger charge is 2.21. The Labute approximate surface area is 161 Å². The lowest BCUT2D eigenvalue weighted by molar-refractivity contribution is 0.0697. The standard InChI is InChI=1S/C22H28N2O3/c1-23-11-12-24(15-18(13-23)16-27-2)14-17-7-9-19(10-8-17)20-5-3-4-6-21(20)22(25)26/h3-10,18H,11-16H2,1-2H3,(H,25,26)/t18-/m0/s1. The van der Waals surface area contributed by atoms with Gasteiger partial charge in [-0.25, -0.2) is 4.79 Å². The van der Waals surface area contributed by atoms with Gasteiger partial charge in [-0.05, 0) is 29.8 Å². The van der Waals surface area contributed by atoms with Gasteiger partial charge in [0.1, 0.15) is 0 Å². The highest BCUT2D eigenvalue weighted by Crippen LogP contribution is 2.24. The molecule has 1 N–H and O–H groups in total. The van der Waals surface area contributed by atoms with E-state index >= 15 is 0 Å². The van der Waals surface area contributed by atoms with Crippen LogP contribution in [0.15, 0.2) is 48.5 Å². The summed E-state index contributed by atoms with van der Waals surface area (Å²) >= 11 is 0. The molecule has 0 aliphatic carbocycles. The van der Waals surface area contributed by atoms with Crippen LogP contribution in [0.3, 0.4) is 0 Å². The molecule has 0 radical (unpaired) electrons. The normalized spacial score (nSPS) is 19.0. The van der Waals surface area contributed by atoms with Crippen molar-refractivity contribution in [1.29, 1.82) is 0 Å². The first-order valence-corrected chi connectivity index (χ1v) is 9.38. The molecule has 1 saturated heterocycles. The van der Waals surface area contributed by atoms with E-state index in [0.29, 0.717) is 11.5 Å². The minimum absolute atomic E-state index is 0.336. The molecule has 0 unspecified atom stereocenters. The topological polar surface area (TPSA) is 53.0 Å². The average Bonchev–Trinajstić information content (AvgIpc) is 2.83. The summed E-state index contributed by atoms with van der Waals surface area (Å²) in [5.41, 5.74) is 3.27. The fourth-order valence-corrected chi connectivity index (χ4v) is 3.81. The number of nitrogens with zero attached hydrogens (tertiary/aromatic N) is 2. The van der Waals surface area contributed by atoms with Crippen LogP contribution in [0.2, 0.25) is 0 Å². The van der Waals surface area contributed by atoms with Crippen molar-refractivity contribution in [3.05, 3.63) is 59.7 Å². The number of carbonyl (C=O) groups is 1. The summed E-state index contributed by atoms with van der Waals surface area (Å²) in [6.45, 7) is 5.88. The monoisotopic (exact) mass is 368 g/mol. The SMILES string of the molecule is COC[C@H]1CN(C)CCN(Cc2ccc(-c3ccccc3C(=O)O)cc2)C1. The second kappa shape index (κ2) is 9.13. The van der Waals surface area contributed by atoms with Crippen molar-refractivity contribution in [1.82, 2.24) is 9.80 Å². The Morgan fingerprint density at radius 1 is 1.11 bits per heavy atom. The number of likely N-dealkylation sites (N-methyl/N-ethyl adjacent to an activating group) is 1. The van der Waals surface area contributed by atoms with Crippen LogP contribution in [0.5, 0.6) is 0 Å². The Kier molecular flexibility index (Phi) is 6.61. The van der Waals surface area contributed by atoms with Crippen LogP contribution in [-0.2, 0) is 11.3 Å². The van der Waals surface area contributed by atoms with E-state index in [1.165, 1.54) is 5.56 Å². The molecule has 0 bridgehead atoms. The molecule has 1 aliphatic heterocycles. The number of methoxy groups -OCH3 is 1. The van der Waals surface area contributed by atoms with Gasteiger partial charge < -0.3 is 14.7 Å². The van der Waals surface area contributed by atoms with Gasteiger partial charge >= 0.3 is 5.97 Å². The van der Waals surface area contributed by atoms with Crippen molar-refractivity contribution >= 4 is 5.97 Å². The molecule has 0 saturated carbocycles. The van der Waals surface area contributed by atoms with Crippen LogP contribution in [-0.4, -0.2) is 67.8 Å². The summed E-state index contributed by atoms with van der Waals surface area (Å²) in [4.78, 5) is 16.3. The first kappa shape index (κ1) is 19.5. The minimum Gasteiger partial charge on any atom is -0.478 e. The predicted molar refractivity (Wildman–Crippen MR) is 107 cm³/mol. The number of rotatable bonds is 6. The second-order valence-electron chi connectivity index (χ2n) is 7.37. The Hall–Kier alpha value is -2.21. The van der Waals surface area contributed by atoms with Crippen molar-refractivity contribution in [3.63, 3.8) is 0 Å². The van der Waals surface area contributed by atoms with Crippen molar-refractivity contribution in [2.75, 3.05) is 46.9 Å². The van der Waals surface area contributed by atoms with Gasteiger partial charge in [0.25, 0.3) is 0 Å². The average molecular weight is 368 g/mol. The lowest BCUT2D eigenvalue weighted by Crippen LogP contribution is -2.31. The van der Waals surface area contributed by atoms with Crippen molar-refractivity contribution < 1.29 is 14.6 Å². The maximum absolute atomic E-state index is 11.4. The van der Waals surface area contributed by atoms with Crippen LogP contribution in [0, 0.1) is 5.92 Å². The summed E-state index contributed by atoms with van der Waals surface area (Å²) < 4.78 is 5.38. The summed E-state index contributed by atoms with van der Waals surface area (Å²) in [5, 5.41) is 9.39. The van der Waals surface area contributed by atoms with E-state index in [-0.39, 0.29) is 0 Å². The Morgan fingerprint density at radius 3 is 2.56 bits per heavy atom. The molecule has 3 rings (SSSR count). The molecule has 5 nitrogen and oxygen atoms in total. The van der Waals surface area contributed by atoms with Crippen LogP contribution >= 0.6 is 0 Å². The van der Waals surface area contributed by atoms with Crippen LogP contribution in [0.4, 0.5) is 0 Å². The van der Waals surface area contributed by atoms with Crippen LogP contribution in [0.25, 0.3) is 11.1 Å². The molecule has 0 aromatic heterocycles. The van der Waals surface area contributed by atoms with E-state index in [9.17, 15) is 9.90 Å². The minimum atomic E-state index is -0.896. The molecule has 1 heterocycles. The number of benzene rings is 2. The lowest BCUT2D eigenvalue weighted by Gasteiger charge is -2.23. The number of hydrogen-bond acceptors (Lipinski definition) is 4. The van der Waals surface area contributed by atoms with Gasteiger partial charge in [-0.3, -0.25) is 4.90 Å². The van der Waals surface area contributed by atoms with Crippen molar-refractivity contribution in [3.8, 4) is 11.1 Å². The maximum atomic E-state index is 11.4. The van der Waals surface area contributed by atoms with Gasteiger partial charge in [-0.2, -0.15) is 0 Å². The van der Waals surface area contributed by atoms with Crippen LogP contribution < -0.4 is 0 Å². The zero-order chi connectivity index (χ0) is 19.2. The molecule has 2 aromatic rings. The Morgan fingerprint density at radius 2 is 1.85 bits per heavy atom.